The maximum absolute atomic E-state index is 5.43. The monoisotopic (exact) mass is 210 g/mol. The van der Waals surface area contributed by atoms with E-state index in [1.54, 1.807) is 0 Å². The minimum atomic E-state index is 0.430. The largest absolute Gasteiger partial charge is 0.339 e. The van der Waals surface area contributed by atoms with E-state index in [2.05, 4.69) is 22.1 Å². The van der Waals surface area contributed by atoms with Crippen LogP contribution in [0.4, 0.5) is 0 Å². The molecule has 0 radical (unpaired) electrons. The first-order valence-electron chi connectivity index (χ1n) is 5.50. The van der Waals surface area contributed by atoms with Crippen molar-refractivity contribution in [2.24, 2.45) is 5.73 Å². The summed E-state index contributed by atoms with van der Waals surface area (Å²) in [5.74, 6) is 1.95. The number of hydrogen-bond donors (Lipinski definition) is 1. The minimum Gasteiger partial charge on any atom is -0.339 e. The van der Waals surface area contributed by atoms with Crippen molar-refractivity contribution in [3.05, 3.63) is 11.7 Å². The fourth-order valence-corrected chi connectivity index (χ4v) is 2.04. The van der Waals surface area contributed by atoms with Crippen LogP contribution in [0.2, 0.25) is 0 Å². The van der Waals surface area contributed by atoms with Crippen LogP contribution < -0.4 is 5.73 Å². The lowest BCUT2D eigenvalue weighted by atomic mass is 9.98. The van der Waals surface area contributed by atoms with E-state index in [1.807, 2.05) is 0 Å². The van der Waals surface area contributed by atoms with Crippen LogP contribution in [0.5, 0.6) is 0 Å². The predicted octanol–water partition coefficient (Wildman–Crippen LogP) is 0.380. The normalized spacial score (nSPS) is 23.2. The highest BCUT2D eigenvalue weighted by Crippen LogP contribution is 2.23. The lowest BCUT2D eigenvalue weighted by molar-refractivity contribution is 0.242. The number of nitrogens with zero attached hydrogens (tertiary/aromatic N) is 3. The Kier molecular flexibility index (Phi) is 3.33. The van der Waals surface area contributed by atoms with Crippen molar-refractivity contribution in [1.82, 2.24) is 15.0 Å². The van der Waals surface area contributed by atoms with Gasteiger partial charge in [0.2, 0.25) is 5.89 Å². The van der Waals surface area contributed by atoms with E-state index in [0.717, 1.165) is 18.8 Å². The van der Waals surface area contributed by atoms with Crippen LogP contribution in [0.1, 0.15) is 30.5 Å². The van der Waals surface area contributed by atoms with Gasteiger partial charge < -0.3 is 15.2 Å². The quantitative estimate of drug-likeness (QED) is 0.781. The van der Waals surface area contributed by atoms with E-state index in [1.165, 1.54) is 13.0 Å². The van der Waals surface area contributed by atoms with Crippen LogP contribution in [0, 0.1) is 0 Å². The molecule has 1 saturated heterocycles. The molecule has 1 unspecified atom stereocenters. The molecular formula is C10H18N4O. The van der Waals surface area contributed by atoms with Crippen molar-refractivity contribution < 1.29 is 4.52 Å². The van der Waals surface area contributed by atoms with Gasteiger partial charge in [0.1, 0.15) is 0 Å². The molecule has 0 spiro atoms. The van der Waals surface area contributed by atoms with Crippen LogP contribution in [-0.4, -0.2) is 41.7 Å². The van der Waals surface area contributed by atoms with Crippen molar-refractivity contribution in [3.63, 3.8) is 0 Å². The molecule has 1 aromatic rings. The second-order valence-corrected chi connectivity index (χ2v) is 4.19. The average molecular weight is 210 g/mol. The van der Waals surface area contributed by atoms with Gasteiger partial charge in [-0.25, -0.2) is 0 Å². The summed E-state index contributed by atoms with van der Waals surface area (Å²) in [5, 5.41) is 4.02. The fourth-order valence-electron chi connectivity index (χ4n) is 2.04. The molecule has 1 fully saturated rings. The Labute approximate surface area is 89.6 Å². The van der Waals surface area contributed by atoms with Gasteiger partial charge in [0, 0.05) is 25.4 Å². The van der Waals surface area contributed by atoms with Crippen molar-refractivity contribution >= 4 is 0 Å². The van der Waals surface area contributed by atoms with Crippen LogP contribution in [0.15, 0.2) is 4.52 Å². The predicted molar refractivity (Wildman–Crippen MR) is 56.5 cm³/mol. The van der Waals surface area contributed by atoms with Gasteiger partial charge >= 0.3 is 0 Å². The third kappa shape index (κ3) is 2.54. The van der Waals surface area contributed by atoms with Gasteiger partial charge in [-0.3, -0.25) is 0 Å². The number of aromatic nitrogens is 2. The lowest BCUT2D eigenvalue weighted by Crippen LogP contribution is -2.31. The Bertz CT molecular complexity index is 312. The molecule has 5 nitrogen and oxygen atoms in total. The number of hydrogen-bond acceptors (Lipinski definition) is 5. The Morgan fingerprint density at radius 1 is 1.60 bits per heavy atom. The van der Waals surface area contributed by atoms with Crippen molar-refractivity contribution in [1.29, 1.82) is 0 Å². The van der Waals surface area contributed by atoms with E-state index >= 15 is 0 Å². The van der Waals surface area contributed by atoms with Gasteiger partial charge in [-0.05, 0) is 26.4 Å². The van der Waals surface area contributed by atoms with Gasteiger partial charge in [-0.15, -0.1) is 0 Å². The maximum atomic E-state index is 5.43. The van der Waals surface area contributed by atoms with Gasteiger partial charge in [-0.2, -0.15) is 4.98 Å². The lowest BCUT2D eigenvalue weighted by Gasteiger charge is -2.27. The summed E-state index contributed by atoms with van der Waals surface area (Å²) in [7, 11) is 2.13. The van der Waals surface area contributed by atoms with Crippen LogP contribution in [0.3, 0.4) is 0 Å². The molecule has 5 heteroatoms. The summed E-state index contributed by atoms with van der Waals surface area (Å²) < 4.78 is 5.13. The van der Waals surface area contributed by atoms with Gasteiger partial charge in [0.25, 0.3) is 0 Å². The van der Waals surface area contributed by atoms with Crippen LogP contribution in [-0.2, 0) is 6.42 Å². The van der Waals surface area contributed by atoms with Crippen LogP contribution >= 0.6 is 0 Å². The highest BCUT2D eigenvalue weighted by atomic mass is 16.5. The molecule has 1 aliphatic rings. The molecular weight excluding hydrogens is 192 g/mol. The van der Waals surface area contributed by atoms with E-state index in [9.17, 15) is 0 Å². The standard InChI is InChI=1S/C10H18N4O/c1-14-6-2-3-8(7-14)10-12-9(4-5-11)15-13-10/h8H,2-7,11H2,1H3. The molecule has 0 saturated carbocycles. The molecule has 2 rings (SSSR count). The van der Waals surface area contributed by atoms with Crippen molar-refractivity contribution in [3.8, 4) is 0 Å². The zero-order valence-electron chi connectivity index (χ0n) is 9.15. The van der Waals surface area contributed by atoms with Crippen LogP contribution in [0.25, 0.3) is 0 Å². The Morgan fingerprint density at radius 3 is 3.20 bits per heavy atom. The average Bonchev–Trinajstić information content (AvgIpc) is 2.67. The SMILES string of the molecule is CN1CCCC(c2noc(CCN)n2)C1. The number of likely N-dealkylation sites (tertiary alicyclic amines) is 1. The van der Waals surface area contributed by atoms with Gasteiger partial charge in [-0.1, -0.05) is 5.16 Å². The fraction of sp³-hybridized carbons (Fsp3) is 0.800. The summed E-state index contributed by atoms with van der Waals surface area (Å²) in [4.78, 5) is 6.69. The molecule has 0 amide bonds. The molecule has 2 N–H and O–H groups in total. The minimum absolute atomic E-state index is 0.430. The molecule has 0 bridgehead atoms. The van der Waals surface area contributed by atoms with E-state index < -0.39 is 0 Å². The highest BCUT2D eigenvalue weighted by molar-refractivity contribution is 4.98. The Hall–Kier alpha value is -0.940. The second kappa shape index (κ2) is 4.72. The molecule has 1 atom stereocenters. The van der Waals surface area contributed by atoms with E-state index in [-0.39, 0.29) is 0 Å². The van der Waals surface area contributed by atoms with E-state index in [4.69, 9.17) is 10.3 Å². The Morgan fingerprint density at radius 2 is 2.47 bits per heavy atom. The summed E-state index contributed by atoms with van der Waals surface area (Å²) in [6.07, 6.45) is 3.05. The molecule has 2 heterocycles. The number of likely N-dealkylation sites (N-methyl/N-ethyl adjacent to an activating group) is 1. The summed E-state index contributed by atoms with van der Waals surface area (Å²) in [6.45, 7) is 2.76. The molecule has 1 aromatic heterocycles. The number of piperidine rings is 1. The topological polar surface area (TPSA) is 68.2 Å². The number of nitrogens with two attached hydrogens (primary N) is 1. The summed E-state index contributed by atoms with van der Waals surface area (Å²) in [6, 6.07) is 0. The molecule has 0 aliphatic carbocycles. The highest BCUT2D eigenvalue weighted by Gasteiger charge is 2.23. The molecule has 84 valence electrons. The first-order valence-corrected chi connectivity index (χ1v) is 5.50. The second-order valence-electron chi connectivity index (χ2n) is 4.19. The third-order valence-electron chi connectivity index (χ3n) is 2.83. The zero-order chi connectivity index (χ0) is 10.7. The van der Waals surface area contributed by atoms with Crippen molar-refractivity contribution in [2.75, 3.05) is 26.7 Å². The molecule has 0 aromatic carbocycles. The van der Waals surface area contributed by atoms with Gasteiger partial charge in [0.15, 0.2) is 5.82 Å². The number of rotatable bonds is 3. The van der Waals surface area contributed by atoms with Crippen molar-refractivity contribution in [2.45, 2.75) is 25.2 Å². The van der Waals surface area contributed by atoms with Gasteiger partial charge in [0.05, 0.1) is 0 Å². The molecule has 15 heavy (non-hydrogen) atoms. The smallest absolute Gasteiger partial charge is 0.227 e. The molecule has 1 aliphatic heterocycles. The maximum Gasteiger partial charge on any atom is 0.227 e. The Balaban J connectivity index is 2.01. The third-order valence-corrected chi connectivity index (χ3v) is 2.83. The first kappa shape index (κ1) is 10.6. The zero-order valence-corrected chi connectivity index (χ0v) is 9.15. The first-order chi connectivity index (χ1) is 7.29. The van der Waals surface area contributed by atoms with E-state index in [0.29, 0.717) is 24.8 Å². The summed E-state index contributed by atoms with van der Waals surface area (Å²) in [5.41, 5.74) is 5.43. The summed E-state index contributed by atoms with van der Waals surface area (Å²) >= 11 is 0.